The van der Waals surface area contributed by atoms with E-state index in [-0.39, 0.29) is 11.4 Å². The normalized spacial score (nSPS) is 10.8. The Bertz CT molecular complexity index is 927. The molecule has 3 rings (SSSR count). The zero-order valence-corrected chi connectivity index (χ0v) is 13.6. The molecule has 0 radical (unpaired) electrons. The molecule has 0 bridgehead atoms. The van der Waals surface area contributed by atoms with E-state index in [4.69, 9.17) is 0 Å². The summed E-state index contributed by atoms with van der Waals surface area (Å²) in [5, 5.41) is 6.72. The van der Waals surface area contributed by atoms with Crippen LogP contribution < -0.4 is 10.1 Å². The third kappa shape index (κ3) is 3.85. The predicted octanol–water partition coefficient (Wildman–Crippen LogP) is 4.17. The molecule has 1 heterocycles. The number of nitrogens with zero attached hydrogens (tertiary/aromatic N) is 2. The average Bonchev–Trinajstić information content (AvgIpc) is 3.00. The third-order valence-electron chi connectivity index (χ3n) is 3.53. The van der Waals surface area contributed by atoms with E-state index in [1.807, 2.05) is 30.3 Å². The Hall–Kier alpha value is -3.29. The molecule has 0 fully saturated rings. The Morgan fingerprint density at radius 1 is 1.15 bits per heavy atom. The summed E-state index contributed by atoms with van der Waals surface area (Å²) >= 11 is 0. The van der Waals surface area contributed by atoms with Gasteiger partial charge < -0.3 is 10.1 Å². The van der Waals surface area contributed by atoms with Crippen molar-refractivity contribution in [3.63, 3.8) is 0 Å². The van der Waals surface area contributed by atoms with Crippen molar-refractivity contribution in [1.82, 2.24) is 9.78 Å². The van der Waals surface area contributed by atoms with Crippen LogP contribution in [-0.2, 0) is 0 Å². The van der Waals surface area contributed by atoms with Crippen molar-refractivity contribution >= 4 is 11.6 Å². The summed E-state index contributed by atoms with van der Waals surface area (Å²) in [5.41, 5.74) is 1.78. The first kappa shape index (κ1) is 17.5. The molecule has 134 valence electrons. The predicted molar refractivity (Wildman–Crippen MR) is 89.3 cm³/mol. The Morgan fingerprint density at radius 3 is 2.54 bits per heavy atom. The fourth-order valence-electron chi connectivity index (χ4n) is 2.38. The van der Waals surface area contributed by atoms with Gasteiger partial charge in [-0.3, -0.25) is 4.79 Å². The number of rotatable bonds is 5. The molecule has 3 aromatic rings. The van der Waals surface area contributed by atoms with Crippen LogP contribution in [-0.4, -0.2) is 22.3 Å². The molecule has 1 aromatic heterocycles. The number of nitrogens with one attached hydrogen (secondary N) is 1. The van der Waals surface area contributed by atoms with Crippen LogP contribution in [0.3, 0.4) is 0 Å². The van der Waals surface area contributed by atoms with Crippen molar-refractivity contribution in [2.24, 2.45) is 0 Å². The van der Waals surface area contributed by atoms with Gasteiger partial charge in [-0.05, 0) is 37.3 Å². The maximum atomic E-state index is 13.7. The fraction of sp³-hybridized carbons (Fsp3) is 0.111. The molecule has 8 heteroatoms. The molecule has 0 saturated carbocycles. The number of carbonyl (C=O) groups excluding carboxylic acids is 1. The average molecular weight is 361 g/mol. The van der Waals surface area contributed by atoms with Crippen LogP contribution in [0.1, 0.15) is 16.2 Å². The lowest BCUT2D eigenvalue weighted by molar-refractivity contribution is -0.0521. The van der Waals surface area contributed by atoms with Gasteiger partial charge in [0.15, 0.2) is 17.3 Å². The minimum atomic E-state index is -3.13. The van der Waals surface area contributed by atoms with Crippen LogP contribution in [0.2, 0.25) is 0 Å². The molecule has 0 spiro atoms. The number of halogens is 3. The van der Waals surface area contributed by atoms with Crippen molar-refractivity contribution in [3.8, 4) is 11.4 Å². The van der Waals surface area contributed by atoms with Crippen LogP contribution in [0.5, 0.6) is 5.75 Å². The van der Waals surface area contributed by atoms with Crippen molar-refractivity contribution in [2.75, 3.05) is 5.32 Å². The molecular weight excluding hydrogens is 347 g/mol. The van der Waals surface area contributed by atoms with Gasteiger partial charge in [0.1, 0.15) is 0 Å². The second kappa shape index (κ2) is 7.30. The smallest absolute Gasteiger partial charge is 0.387 e. The number of carbonyl (C=O) groups is 1. The number of benzene rings is 2. The van der Waals surface area contributed by atoms with Crippen LogP contribution in [0.25, 0.3) is 5.69 Å². The molecule has 2 aromatic carbocycles. The highest BCUT2D eigenvalue weighted by Crippen LogP contribution is 2.23. The zero-order valence-electron chi connectivity index (χ0n) is 13.6. The van der Waals surface area contributed by atoms with Gasteiger partial charge in [-0.25, -0.2) is 9.07 Å². The van der Waals surface area contributed by atoms with E-state index in [0.29, 0.717) is 0 Å². The molecule has 1 amide bonds. The van der Waals surface area contributed by atoms with Crippen LogP contribution in [0.15, 0.2) is 54.6 Å². The van der Waals surface area contributed by atoms with Crippen LogP contribution in [0.4, 0.5) is 18.9 Å². The number of hydrogen-bond donors (Lipinski definition) is 1. The first-order valence-electron chi connectivity index (χ1n) is 7.62. The van der Waals surface area contributed by atoms with Gasteiger partial charge in [-0.15, -0.1) is 0 Å². The van der Waals surface area contributed by atoms with Crippen LogP contribution >= 0.6 is 0 Å². The van der Waals surface area contributed by atoms with Crippen molar-refractivity contribution < 1.29 is 22.7 Å². The van der Waals surface area contributed by atoms with Crippen molar-refractivity contribution in [1.29, 1.82) is 0 Å². The number of aryl methyl sites for hydroxylation is 1. The highest BCUT2D eigenvalue weighted by molar-refractivity contribution is 6.03. The molecule has 26 heavy (non-hydrogen) atoms. The molecule has 0 aliphatic rings. The standard InChI is InChI=1S/C18H14F3N3O2/c1-11-9-15(23-24(11)13-5-3-2-4-6-13)17(25)22-12-7-8-16(14(19)10-12)26-18(20)21/h2-10,18H,1H3,(H,22,25). The van der Waals surface area contributed by atoms with E-state index in [0.717, 1.165) is 23.5 Å². The number of aromatic nitrogens is 2. The first-order chi connectivity index (χ1) is 12.4. The Balaban J connectivity index is 1.78. The topological polar surface area (TPSA) is 56.1 Å². The monoisotopic (exact) mass is 361 g/mol. The van der Waals surface area contributed by atoms with Crippen LogP contribution in [0, 0.1) is 12.7 Å². The summed E-state index contributed by atoms with van der Waals surface area (Å²) in [6, 6.07) is 14.0. The third-order valence-corrected chi connectivity index (χ3v) is 3.53. The molecule has 0 aliphatic heterocycles. The van der Waals surface area contributed by atoms with E-state index in [9.17, 15) is 18.0 Å². The molecule has 0 atom stereocenters. The second-order valence-corrected chi connectivity index (χ2v) is 5.40. The lowest BCUT2D eigenvalue weighted by atomic mass is 10.2. The molecule has 0 saturated heterocycles. The second-order valence-electron chi connectivity index (χ2n) is 5.40. The molecule has 0 aliphatic carbocycles. The fourth-order valence-corrected chi connectivity index (χ4v) is 2.38. The summed E-state index contributed by atoms with van der Waals surface area (Å²) < 4.78 is 43.6. The number of amides is 1. The van der Waals surface area contributed by atoms with E-state index in [2.05, 4.69) is 15.2 Å². The van der Waals surface area contributed by atoms with Crippen molar-refractivity contribution in [2.45, 2.75) is 13.5 Å². The number of hydrogen-bond acceptors (Lipinski definition) is 3. The van der Waals surface area contributed by atoms with Gasteiger partial charge >= 0.3 is 6.61 Å². The maximum Gasteiger partial charge on any atom is 0.387 e. The lowest BCUT2D eigenvalue weighted by Gasteiger charge is -2.08. The molecule has 5 nitrogen and oxygen atoms in total. The van der Waals surface area contributed by atoms with Gasteiger partial charge in [0.2, 0.25) is 0 Å². The van der Waals surface area contributed by atoms with Gasteiger partial charge in [0, 0.05) is 17.4 Å². The summed E-state index contributed by atoms with van der Waals surface area (Å²) in [7, 11) is 0. The summed E-state index contributed by atoms with van der Waals surface area (Å²) in [6.45, 7) is -1.33. The quantitative estimate of drug-likeness (QED) is 0.742. The number of alkyl halides is 2. The van der Waals surface area contributed by atoms with E-state index in [1.165, 1.54) is 6.07 Å². The minimum absolute atomic E-state index is 0.0982. The summed E-state index contributed by atoms with van der Waals surface area (Å²) in [4.78, 5) is 12.3. The van der Waals surface area contributed by atoms with E-state index >= 15 is 0 Å². The van der Waals surface area contributed by atoms with Crippen molar-refractivity contribution in [3.05, 3.63) is 71.8 Å². The summed E-state index contributed by atoms with van der Waals surface area (Å²) in [6.07, 6.45) is 0. The Labute approximate surface area is 147 Å². The van der Waals surface area contributed by atoms with E-state index in [1.54, 1.807) is 17.7 Å². The van der Waals surface area contributed by atoms with Gasteiger partial charge in [0.25, 0.3) is 5.91 Å². The highest BCUT2D eigenvalue weighted by Gasteiger charge is 2.15. The maximum absolute atomic E-state index is 13.7. The first-order valence-corrected chi connectivity index (χ1v) is 7.62. The SMILES string of the molecule is Cc1cc(C(=O)Nc2ccc(OC(F)F)c(F)c2)nn1-c1ccccc1. The molecule has 1 N–H and O–H groups in total. The molecular formula is C18H14F3N3O2. The summed E-state index contributed by atoms with van der Waals surface area (Å²) in [5.74, 6) is -2.15. The Kier molecular flexibility index (Phi) is 4.92. The van der Waals surface area contributed by atoms with Gasteiger partial charge in [-0.1, -0.05) is 18.2 Å². The lowest BCUT2D eigenvalue weighted by Crippen LogP contribution is -2.13. The largest absolute Gasteiger partial charge is 0.432 e. The molecule has 0 unspecified atom stereocenters. The van der Waals surface area contributed by atoms with Gasteiger partial charge in [-0.2, -0.15) is 13.9 Å². The number of ether oxygens (including phenoxy) is 1. The van der Waals surface area contributed by atoms with Gasteiger partial charge in [0.05, 0.1) is 5.69 Å². The minimum Gasteiger partial charge on any atom is -0.432 e. The number of para-hydroxylation sites is 1. The zero-order chi connectivity index (χ0) is 18.7. The Morgan fingerprint density at radius 2 is 1.88 bits per heavy atom. The number of anilines is 1. The van der Waals surface area contributed by atoms with E-state index < -0.39 is 24.1 Å². The highest BCUT2D eigenvalue weighted by atomic mass is 19.3.